The van der Waals surface area contributed by atoms with Crippen molar-refractivity contribution in [3.8, 4) is 0 Å². The smallest absolute Gasteiger partial charge is 0.129 e. The van der Waals surface area contributed by atoms with E-state index < -0.39 is 5.56 Å². The van der Waals surface area contributed by atoms with Gasteiger partial charge in [-0.05, 0) is 0 Å². The van der Waals surface area contributed by atoms with Crippen LogP contribution in [0.5, 0.6) is 0 Å². The van der Waals surface area contributed by atoms with Crippen LogP contribution >= 0.6 is 23.2 Å². The molecule has 1 nitrogen and oxygen atoms in total. The van der Waals surface area contributed by atoms with Crippen LogP contribution in [0.3, 0.4) is 0 Å². The molecule has 0 saturated heterocycles. The lowest BCUT2D eigenvalue weighted by atomic mass is 10.5. The number of rotatable bonds is 2. The number of aliphatic hydroxyl groups excluding tert-OH is 1. The topological polar surface area (TPSA) is 20.2 Å². The number of hydrogen-bond acceptors (Lipinski definition) is 1. The van der Waals surface area contributed by atoms with Crippen LogP contribution in [-0.2, 0) is 0 Å². The van der Waals surface area contributed by atoms with E-state index in [2.05, 4.69) is 0 Å². The first-order valence-corrected chi connectivity index (χ1v) is 2.62. The van der Waals surface area contributed by atoms with E-state index in [4.69, 9.17) is 28.3 Å². The quantitative estimate of drug-likeness (QED) is 0.555. The number of aliphatic hydroxyl groups is 1. The third kappa shape index (κ3) is 4.54. The van der Waals surface area contributed by atoms with Crippen molar-refractivity contribution in [1.29, 1.82) is 0 Å². The summed E-state index contributed by atoms with van der Waals surface area (Å²) >= 11 is 10.2. The van der Waals surface area contributed by atoms with Crippen molar-refractivity contribution in [1.82, 2.24) is 0 Å². The predicted octanol–water partition coefficient (Wildman–Crippen LogP) is 1.17. The summed E-state index contributed by atoms with van der Waals surface area (Å²) in [6.45, 7) is 0. The summed E-state index contributed by atoms with van der Waals surface area (Å²) in [5.41, 5.74) is -0.762. The summed E-state index contributed by atoms with van der Waals surface area (Å²) in [5.74, 6) is 0.421. The van der Waals surface area contributed by atoms with Crippen LogP contribution in [0, 0.1) is 0 Å². The Kier molecular flexibility index (Phi) is 4.06. The highest BCUT2D eigenvalue weighted by molar-refractivity contribution is 6.21. The fourth-order valence-electron chi connectivity index (χ4n) is 0.0900. The van der Waals surface area contributed by atoms with Crippen LogP contribution in [0.1, 0.15) is 6.42 Å². The third-order valence-corrected chi connectivity index (χ3v) is 0.784. The predicted molar refractivity (Wildman–Crippen MR) is 27.2 cm³/mol. The molecular weight excluding hydrogens is 123 g/mol. The first-order valence-electron chi connectivity index (χ1n) is 1.65. The molecule has 0 saturated carbocycles. The lowest BCUT2D eigenvalue weighted by Crippen LogP contribution is -1.94. The Labute approximate surface area is 46.9 Å². The lowest BCUT2D eigenvalue weighted by Gasteiger charge is -1.91. The highest BCUT2D eigenvalue weighted by atomic mass is 35.5. The van der Waals surface area contributed by atoms with Crippen LogP contribution in [0.15, 0.2) is 0 Å². The Balaban J connectivity index is 2.63. The van der Waals surface area contributed by atoms with Gasteiger partial charge in [-0.1, -0.05) is 11.6 Å². The molecule has 0 aromatic heterocycles. The van der Waals surface area contributed by atoms with Gasteiger partial charge < -0.3 is 5.11 Å². The molecule has 1 atom stereocenters. The summed E-state index contributed by atoms with van der Waals surface area (Å²) in [6.07, 6.45) is 0.461. The van der Waals surface area contributed by atoms with E-state index in [1.54, 1.807) is 0 Å². The van der Waals surface area contributed by atoms with Crippen LogP contribution in [0.25, 0.3) is 0 Å². The second-order valence-corrected chi connectivity index (χ2v) is 1.79. The molecule has 3 heteroatoms. The second kappa shape index (κ2) is 3.72. The van der Waals surface area contributed by atoms with Gasteiger partial charge in [0, 0.05) is 12.3 Å². The Bertz CT molecular complexity index is 30.0. The summed E-state index contributed by atoms with van der Waals surface area (Å²) in [7, 11) is 0. The molecule has 0 radical (unpaired) electrons. The molecule has 0 bridgehead atoms. The maximum atomic E-state index is 8.23. The third-order valence-electron chi connectivity index (χ3n) is 0.347. The van der Waals surface area contributed by atoms with Crippen LogP contribution in [0.4, 0.5) is 0 Å². The van der Waals surface area contributed by atoms with Crippen molar-refractivity contribution >= 4 is 23.2 Å². The average Bonchev–Trinajstić information content (AvgIpc) is 1.35. The van der Waals surface area contributed by atoms with E-state index >= 15 is 0 Å². The van der Waals surface area contributed by atoms with E-state index in [0.29, 0.717) is 12.3 Å². The molecule has 0 spiro atoms. The summed E-state index contributed by atoms with van der Waals surface area (Å²) < 4.78 is 0. The van der Waals surface area contributed by atoms with Crippen molar-refractivity contribution in [2.24, 2.45) is 0 Å². The van der Waals surface area contributed by atoms with Gasteiger partial charge in [-0.25, -0.2) is 0 Å². The molecule has 38 valence electrons. The SMILES string of the molecule is OC(Cl)CCCl. The molecule has 0 heterocycles. The number of halogens is 2. The van der Waals surface area contributed by atoms with E-state index in [1.807, 2.05) is 0 Å². The highest BCUT2D eigenvalue weighted by Crippen LogP contribution is 1.96. The number of hydrogen-bond donors (Lipinski definition) is 1. The van der Waals surface area contributed by atoms with E-state index in [-0.39, 0.29) is 0 Å². The van der Waals surface area contributed by atoms with Crippen molar-refractivity contribution in [2.75, 3.05) is 5.88 Å². The van der Waals surface area contributed by atoms with Gasteiger partial charge in [0.25, 0.3) is 0 Å². The van der Waals surface area contributed by atoms with Gasteiger partial charge in [0.1, 0.15) is 5.56 Å². The van der Waals surface area contributed by atoms with Crippen molar-refractivity contribution in [3.05, 3.63) is 0 Å². The molecule has 0 rings (SSSR count). The van der Waals surface area contributed by atoms with Crippen LogP contribution in [-0.4, -0.2) is 16.5 Å². The van der Waals surface area contributed by atoms with Gasteiger partial charge in [-0.15, -0.1) is 11.6 Å². The van der Waals surface area contributed by atoms with E-state index in [1.165, 1.54) is 0 Å². The minimum atomic E-state index is -0.762. The van der Waals surface area contributed by atoms with Gasteiger partial charge in [0.05, 0.1) is 0 Å². The second-order valence-electron chi connectivity index (χ2n) is 0.912. The molecule has 0 fully saturated rings. The van der Waals surface area contributed by atoms with Crippen molar-refractivity contribution < 1.29 is 5.11 Å². The van der Waals surface area contributed by atoms with Crippen molar-refractivity contribution in [3.63, 3.8) is 0 Å². The standard InChI is InChI=1S/C3H6Cl2O/c4-2-1-3(5)6/h3,6H,1-2H2. The first-order chi connectivity index (χ1) is 2.77. The van der Waals surface area contributed by atoms with E-state index in [0.717, 1.165) is 0 Å². The molecule has 0 aromatic rings. The molecule has 0 aliphatic heterocycles. The Morgan fingerprint density at radius 1 is 1.67 bits per heavy atom. The molecule has 0 aromatic carbocycles. The van der Waals surface area contributed by atoms with Crippen molar-refractivity contribution in [2.45, 2.75) is 12.0 Å². The monoisotopic (exact) mass is 128 g/mol. The molecule has 6 heavy (non-hydrogen) atoms. The Hall–Kier alpha value is 0.540. The lowest BCUT2D eigenvalue weighted by molar-refractivity contribution is 0.253. The average molecular weight is 129 g/mol. The summed E-state index contributed by atoms with van der Waals surface area (Å²) in [6, 6.07) is 0. The minimum absolute atomic E-state index is 0.421. The zero-order valence-corrected chi connectivity index (χ0v) is 4.71. The normalized spacial score (nSPS) is 14.5. The molecular formula is C3H6Cl2O. The van der Waals surface area contributed by atoms with Gasteiger partial charge in [0.2, 0.25) is 0 Å². The maximum absolute atomic E-state index is 8.23. The fourth-order valence-corrected chi connectivity index (χ4v) is 0.518. The number of alkyl halides is 2. The Morgan fingerprint density at radius 2 is 2.17 bits per heavy atom. The van der Waals surface area contributed by atoms with Crippen LogP contribution < -0.4 is 0 Å². The summed E-state index contributed by atoms with van der Waals surface area (Å²) in [4.78, 5) is 0. The molecule has 0 amide bonds. The first kappa shape index (κ1) is 6.54. The zero-order valence-electron chi connectivity index (χ0n) is 3.19. The van der Waals surface area contributed by atoms with Gasteiger partial charge in [-0.2, -0.15) is 0 Å². The van der Waals surface area contributed by atoms with E-state index in [9.17, 15) is 0 Å². The Morgan fingerprint density at radius 3 is 2.17 bits per heavy atom. The summed E-state index contributed by atoms with van der Waals surface area (Å²) in [5, 5.41) is 8.23. The largest absolute Gasteiger partial charge is 0.378 e. The fraction of sp³-hybridized carbons (Fsp3) is 1.00. The highest BCUT2D eigenvalue weighted by Gasteiger charge is 1.91. The van der Waals surface area contributed by atoms with Gasteiger partial charge >= 0.3 is 0 Å². The minimum Gasteiger partial charge on any atom is -0.378 e. The van der Waals surface area contributed by atoms with Gasteiger partial charge in [0.15, 0.2) is 0 Å². The van der Waals surface area contributed by atoms with Gasteiger partial charge in [-0.3, -0.25) is 0 Å². The molecule has 0 aliphatic rings. The molecule has 0 aliphatic carbocycles. The maximum Gasteiger partial charge on any atom is 0.129 e. The zero-order chi connectivity index (χ0) is 4.99. The van der Waals surface area contributed by atoms with Crippen LogP contribution in [0.2, 0.25) is 0 Å². The molecule has 1 N–H and O–H groups in total. The molecule has 1 unspecified atom stereocenters.